The van der Waals surface area contributed by atoms with E-state index in [1.807, 2.05) is 25.8 Å². The van der Waals surface area contributed by atoms with Crippen LogP contribution in [0.25, 0.3) is 27.7 Å². The number of hydrogen-bond acceptors (Lipinski definition) is 3. The van der Waals surface area contributed by atoms with Gasteiger partial charge in [-0.3, -0.25) is 0 Å². The summed E-state index contributed by atoms with van der Waals surface area (Å²) in [5.41, 5.74) is 8.08. The van der Waals surface area contributed by atoms with E-state index in [4.69, 9.17) is 0 Å². The van der Waals surface area contributed by atoms with E-state index in [2.05, 4.69) is 65.6 Å². The highest BCUT2D eigenvalue weighted by Gasteiger charge is 2.14. The Bertz CT molecular complexity index is 1070. The highest BCUT2D eigenvalue weighted by Crippen LogP contribution is 2.32. The van der Waals surface area contributed by atoms with Gasteiger partial charge in [-0.1, -0.05) is 27.7 Å². The van der Waals surface area contributed by atoms with Crippen molar-refractivity contribution in [3.05, 3.63) is 48.0 Å². The normalized spacial score (nSPS) is 12.1. The Kier molecular flexibility index (Phi) is 3.60. The molecule has 0 unspecified atom stereocenters. The number of aryl methyl sites for hydroxylation is 1. The molecule has 0 amide bonds. The molecule has 25 heavy (non-hydrogen) atoms. The molecule has 0 saturated carbocycles. The lowest BCUT2D eigenvalue weighted by molar-refractivity contribution is 0.800. The van der Waals surface area contributed by atoms with Crippen molar-refractivity contribution in [2.75, 3.05) is 0 Å². The zero-order chi connectivity index (χ0) is 17.7. The molecular formula is C20H23N5. The van der Waals surface area contributed by atoms with Gasteiger partial charge in [0.15, 0.2) is 0 Å². The van der Waals surface area contributed by atoms with Gasteiger partial charge in [-0.05, 0) is 41.2 Å². The maximum absolute atomic E-state index is 4.59. The molecule has 5 nitrogen and oxygen atoms in total. The third kappa shape index (κ3) is 2.51. The van der Waals surface area contributed by atoms with Gasteiger partial charge >= 0.3 is 0 Å². The molecule has 0 aliphatic heterocycles. The second-order valence-electron chi connectivity index (χ2n) is 7.32. The van der Waals surface area contributed by atoms with Crippen LogP contribution in [0.4, 0.5) is 0 Å². The van der Waals surface area contributed by atoms with Crippen molar-refractivity contribution in [2.24, 2.45) is 7.05 Å². The van der Waals surface area contributed by atoms with Crippen molar-refractivity contribution in [1.29, 1.82) is 0 Å². The summed E-state index contributed by atoms with van der Waals surface area (Å²) in [6.45, 7) is 8.79. The lowest BCUT2D eigenvalue weighted by Gasteiger charge is -2.11. The largest absolute Gasteiger partial charge is 0.334 e. The van der Waals surface area contributed by atoms with Gasteiger partial charge in [-0.15, -0.1) is 0 Å². The van der Waals surface area contributed by atoms with Crippen LogP contribution in [0.2, 0.25) is 0 Å². The van der Waals surface area contributed by atoms with Crippen LogP contribution in [0.5, 0.6) is 0 Å². The van der Waals surface area contributed by atoms with Crippen LogP contribution in [-0.4, -0.2) is 24.4 Å². The van der Waals surface area contributed by atoms with Gasteiger partial charge in [0.1, 0.15) is 0 Å². The first-order valence-corrected chi connectivity index (χ1v) is 8.75. The molecule has 0 radical (unpaired) electrons. The molecule has 4 rings (SSSR count). The lowest BCUT2D eigenvalue weighted by Crippen LogP contribution is -1.97. The molecule has 0 atom stereocenters. The molecule has 0 fully saturated rings. The van der Waals surface area contributed by atoms with Crippen molar-refractivity contribution in [3.8, 4) is 11.1 Å². The molecule has 3 aromatic heterocycles. The Morgan fingerprint density at radius 3 is 2.20 bits per heavy atom. The van der Waals surface area contributed by atoms with Crippen LogP contribution in [0.1, 0.15) is 50.7 Å². The summed E-state index contributed by atoms with van der Waals surface area (Å²) in [6.07, 6.45) is 5.70. The number of rotatable bonds is 3. The van der Waals surface area contributed by atoms with Crippen LogP contribution >= 0.6 is 0 Å². The van der Waals surface area contributed by atoms with Crippen LogP contribution in [0.15, 0.2) is 36.9 Å². The van der Waals surface area contributed by atoms with E-state index in [0.717, 1.165) is 22.1 Å². The van der Waals surface area contributed by atoms with Gasteiger partial charge in [0.2, 0.25) is 0 Å². The third-order valence-corrected chi connectivity index (χ3v) is 4.85. The summed E-state index contributed by atoms with van der Waals surface area (Å²) < 4.78 is 3.79. The van der Waals surface area contributed by atoms with E-state index < -0.39 is 0 Å². The summed E-state index contributed by atoms with van der Waals surface area (Å²) in [7, 11) is 2.04. The summed E-state index contributed by atoms with van der Waals surface area (Å²) in [5, 5.41) is 8.88. The summed E-state index contributed by atoms with van der Waals surface area (Å²) in [4.78, 5) is 4.59. The predicted octanol–water partition coefficient (Wildman–Crippen LogP) is 4.53. The average molecular weight is 333 g/mol. The zero-order valence-corrected chi connectivity index (χ0v) is 15.4. The van der Waals surface area contributed by atoms with Crippen molar-refractivity contribution >= 4 is 16.6 Å². The smallest absolute Gasteiger partial charge is 0.0955 e. The van der Waals surface area contributed by atoms with Crippen LogP contribution < -0.4 is 0 Å². The first-order chi connectivity index (χ1) is 12.0. The summed E-state index contributed by atoms with van der Waals surface area (Å²) in [6, 6.07) is 6.64. The second kappa shape index (κ2) is 5.69. The number of imidazole rings is 1. The summed E-state index contributed by atoms with van der Waals surface area (Å²) >= 11 is 0. The molecule has 0 N–H and O–H groups in total. The first kappa shape index (κ1) is 15.8. The highest BCUT2D eigenvalue weighted by atomic mass is 15.4. The van der Waals surface area contributed by atoms with E-state index in [9.17, 15) is 0 Å². The molecule has 0 spiro atoms. The fourth-order valence-electron chi connectivity index (χ4n) is 3.36. The number of nitrogens with zero attached hydrogens (tertiary/aromatic N) is 5. The van der Waals surface area contributed by atoms with E-state index >= 15 is 0 Å². The van der Waals surface area contributed by atoms with Crippen LogP contribution in [0.3, 0.4) is 0 Å². The maximum Gasteiger partial charge on any atom is 0.0955 e. The molecular weight excluding hydrogens is 310 g/mol. The van der Waals surface area contributed by atoms with Gasteiger partial charge in [-0.25, -0.2) is 4.98 Å². The SMILES string of the molecule is CC(C)c1cc(-c2cnn3ncc(C(C)C)c3c2)cc2c1ncn2C. The molecule has 1 aromatic carbocycles. The molecule has 0 aliphatic carbocycles. The highest BCUT2D eigenvalue weighted by molar-refractivity contribution is 5.86. The molecule has 0 aliphatic rings. The van der Waals surface area contributed by atoms with Gasteiger partial charge < -0.3 is 4.57 Å². The minimum Gasteiger partial charge on any atom is -0.334 e. The number of fused-ring (bicyclic) bond motifs is 2. The quantitative estimate of drug-likeness (QED) is 0.553. The Hall–Kier alpha value is -2.69. The average Bonchev–Trinajstić information content (AvgIpc) is 3.17. The summed E-state index contributed by atoms with van der Waals surface area (Å²) in [5.74, 6) is 0.829. The van der Waals surface area contributed by atoms with Crippen molar-refractivity contribution in [2.45, 2.75) is 39.5 Å². The minimum atomic E-state index is 0.412. The lowest BCUT2D eigenvalue weighted by atomic mass is 9.96. The van der Waals surface area contributed by atoms with Crippen LogP contribution in [-0.2, 0) is 7.05 Å². The minimum absolute atomic E-state index is 0.412. The van der Waals surface area contributed by atoms with Crippen molar-refractivity contribution < 1.29 is 0 Å². The topological polar surface area (TPSA) is 48.0 Å². The third-order valence-electron chi connectivity index (χ3n) is 4.85. The predicted molar refractivity (Wildman–Crippen MR) is 101 cm³/mol. The molecule has 5 heteroatoms. The molecule has 0 bridgehead atoms. The van der Waals surface area contributed by atoms with E-state index in [1.165, 1.54) is 16.7 Å². The van der Waals surface area contributed by atoms with Gasteiger partial charge in [-0.2, -0.15) is 14.8 Å². The fraction of sp³-hybridized carbons (Fsp3) is 0.350. The molecule has 3 heterocycles. The van der Waals surface area contributed by atoms with Gasteiger partial charge in [0.05, 0.1) is 35.3 Å². The van der Waals surface area contributed by atoms with Crippen molar-refractivity contribution in [1.82, 2.24) is 24.4 Å². The van der Waals surface area contributed by atoms with E-state index in [0.29, 0.717) is 11.8 Å². The Morgan fingerprint density at radius 2 is 1.48 bits per heavy atom. The number of benzene rings is 1. The van der Waals surface area contributed by atoms with E-state index in [-0.39, 0.29) is 0 Å². The van der Waals surface area contributed by atoms with Crippen molar-refractivity contribution in [3.63, 3.8) is 0 Å². The number of aromatic nitrogens is 5. The van der Waals surface area contributed by atoms with Crippen LogP contribution in [0, 0.1) is 0 Å². The number of hydrogen-bond donors (Lipinski definition) is 0. The first-order valence-electron chi connectivity index (χ1n) is 8.75. The molecule has 128 valence electrons. The van der Waals surface area contributed by atoms with Gasteiger partial charge in [0.25, 0.3) is 0 Å². The molecule has 0 saturated heterocycles. The van der Waals surface area contributed by atoms with E-state index in [1.54, 1.807) is 4.63 Å². The Morgan fingerprint density at radius 1 is 0.800 bits per heavy atom. The Labute approximate surface area is 147 Å². The van der Waals surface area contributed by atoms with Gasteiger partial charge in [0, 0.05) is 18.2 Å². The fourth-order valence-corrected chi connectivity index (χ4v) is 3.36. The second-order valence-corrected chi connectivity index (χ2v) is 7.32. The zero-order valence-electron chi connectivity index (χ0n) is 15.4. The standard InChI is InChI=1S/C20H23N5/c1-12(2)16-6-14(7-19-20(16)21-11-24(19)5)15-8-18-17(13(3)4)10-23-25(18)22-9-15/h6-13H,1-5H3. The Balaban J connectivity index is 1.96. The maximum atomic E-state index is 4.59. The monoisotopic (exact) mass is 333 g/mol. The molecule has 4 aromatic rings.